The molecule has 3 fully saturated rings. The number of non-ortho nitro benzene ring substituents is 3. The van der Waals surface area contributed by atoms with Crippen molar-refractivity contribution >= 4 is 73.3 Å². The molecule has 12 atom stereocenters. The maximum absolute atomic E-state index is 11.2. The molecule has 4 unspecified atom stereocenters. The molecule has 9 rings (SSSR count). The second-order valence-corrected chi connectivity index (χ2v) is 45.9. The average Bonchev–Trinajstić information content (AvgIpc) is 0.936. The molecule has 21 nitrogen and oxygen atoms in total. The summed E-state index contributed by atoms with van der Waals surface area (Å²) in [7, 11) is -5.38. The van der Waals surface area contributed by atoms with Crippen molar-refractivity contribution in [2.24, 2.45) is 17.8 Å². The van der Waals surface area contributed by atoms with Gasteiger partial charge in [-0.05, 0) is 107 Å². The summed E-state index contributed by atoms with van der Waals surface area (Å²) in [5.41, 5.74) is 2.13. The summed E-state index contributed by atoms with van der Waals surface area (Å²) >= 11 is 8.25. The highest BCUT2D eigenvalue weighted by molar-refractivity contribution is 8.37. The predicted molar refractivity (Wildman–Crippen MR) is 416 cm³/mol. The van der Waals surface area contributed by atoms with Crippen LogP contribution in [0.25, 0.3) is 0 Å². The van der Waals surface area contributed by atoms with Gasteiger partial charge in [-0.1, -0.05) is 189 Å². The molecule has 0 aromatic heterocycles. The lowest BCUT2D eigenvalue weighted by Gasteiger charge is -2.41. The lowest BCUT2D eigenvalue weighted by atomic mass is 9.80. The van der Waals surface area contributed by atoms with Crippen LogP contribution in [0.4, 0.5) is 17.1 Å². The van der Waals surface area contributed by atoms with E-state index in [0.29, 0.717) is 17.2 Å². The first kappa shape index (κ1) is 88.3. The molecule has 102 heavy (non-hydrogen) atoms. The van der Waals surface area contributed by atoms with E-state index < -0.39 is 82.5 Å². The number of aliphatic hydroxyl groups excluding tert-OH is 2. The van der Waals surface area contributed by atoms with Crippen LogP contribution >= 0.6 is 0 Å². The summed E-state index contributed by atoms with van der Waals surface area (Å²) in [5.74, 6) is 1.15. The van der Waals surface area contributed by atoms with E-state index in [0.717, 1.165) is 25.6 Å². The number of nitro groups is 3. The quantitative estimate of drug-likeness (QED) is 0.0261. The SMILES string of the molecule is C.C.CC1C(Oc2ccc([N+](=O)[O-])cc2)O[C@H](COC(c2ccccc2)(c2ccccc2)c2ccccc2)[C@H]1O[Si](C)(C)C(C)(C)C.CC1[C@@H](Oc2ccc([N+](=O)[O-])cc2)O[C@H](CO)[C@H]1O[Si](C)(C)C(C)(C)C.CC1[C@H](Oc2ccc([N+](=O)[O-])cc2)O[C@H](CO)[C@H]1O[Si](C)(C)C(C)(C)C.S=S=S. The molecule has 27 heteroatoms. The Bertz CT molecular complexity index is 3400. The van der Waals surface area contributed by atoms with Gasteiger partial charge in [0.15, 0.2) is 25.0 Å². The maximum atomic E-state index is 11.2. The number of hydrogen-bond acceptors (Lipinski definition) is 20. The summed E-state index contributed by atoms with van der Waals surface area (Å²) < 4.78 is 63.6. The van der Waals surface area contributed by atoms with E-state index in [1.165, 1.54) is 36.4 Å². The number of benzene rings is 6. The van der Waals surface area contributed by atoms with Gasteiger partial charge < -0.3 is 56.6 Å². The minimum Gasteiger partial charge on any atom is -0.465 e. The first-order valence-corrected chi connectivity index (χ1v) is 44.8. The predicted octanol–water partition coefficient (Wildman–Crippen LogP) is 17.4. The van der Waals surface area contributed by atoms with Gasteiger partial charge >= 0.3 is 0 Å². The molecule has 6 aromatic rings. The first-order valence-electron chi connectivity index (χ1n) is 33.4. The highest BCUT2D eigenvalue weighted by Gasteiger charge is 2.53. The number of hydrogen-bond donors (Lipinski definition) is 2. The summed E-state index contributed by atoms with van der Waals surface area (Å²) in [6, 6.07) is 48.7. The van der Waals surface area contributed by atoms with Crippen LogP contribution in [0.5, 0.6) is 17.2 Å². The van der Waals surface area contributed by atoms with Crippen molar-refractivity contribution in [2.45, 2.75) is 213 Å². The minimum absolute atomic E-state index is 0. The third-order valence-corrected chi connectivity index (χ3v) is 33.3. The van der Waals surface area contributed by atoms with Crippen LogP contribution in [0.2, 0.25) is 54.4 Å². The highest BCUT2D eigenvalue weighted by atomic mass is 33.1. The zero-order valence-electron chi connectivity index (χ0n) is 60.6. The normalized spacial score (nSPS) is 22.8. The van der Waals surface area contributed by atoms with Gasteiger partial charge in [0.1, 0.15) is 41.2 Å². The van der Waals surface area contributed by atoms with E-state index in [1.54, 1.807) is 36.4 Å². The van der Waals surface area contributed by atoms with Gasteiger partial charge in [0.2, 0.25) is 18.9 Å². The Morgan fingerprint density at radius 2 is 0.647 bits per heavy atom. The highest BCUT2D eigenvalue weighted by Crippen LogP contribution is 2.47. The molecule has 562 valence electrons. The molecule has 3 saturated heterocycles. The molecule has 0 saturated carbocycles. The van der Waals surface area contributed by atoms with E-state index >= 15 is 0 Å². The molecule has 3 aliphatic rings. The number of aliphatic hydroxyl groups is 2. The number of ether oxygens (including phenoxy) is 7. The van der Waals surface area contributed by atoms with Gasteiger partial charge in [0, 0.05) is 85.4 Å². The Morgan fingerprint density at radius 3 is 0.863 bits per heavy atom. The Morgan fingerprint density at radius 1 is 0.422 bits per heavy atom. The van der Waals surface area contributed by atoms with Crippen molar-refractivity contribution in [2.75, 3.05) is 19.8 Å². The van der Waals surface area contributed by atoms with Gasteiger partial charge in [-0.2, -0.15) is 0 Å². The lowest BCUT2D eigenvalue weighted by molar-refractivity contribution is -0.385. The lowest BCUT2D eigenvalue weighted by Crippen LogP contribution is -2.49. The van der Waals surface area contributed by atoms with Crippen molar-refractivity contribution in [3.05, 3.63) is 211 Å². The molecule has 0 amide bonds. The molecule has 3 heterocycles. The van der Waals surface area contributed by atoms with E-state index in [-0.39, 0.29) is 103 Å². The maximum Gasteiger partial charge on any atom is 0.269 e. The fourth-order valence-electron chi connectivity index (χ4n) is 10.9. The molecule has 0 bridgehead atoms. The van der Waals surface area contributed by atoms with Crippen LogP contribution in [-0.2, 0) is 69.1 Å². The van der Waals surface area contributed by atoms with Gasteiger partial charge in [-0.3, -0.25) is 30.3 Å². The topological polar surface area (TPSA) is 262 Å². The Kier molecular flexibility index (Phi) is 32.6. The summed E-state index contributed by atoms with van der Waals surface area (Å²) in [6.45, 7) is 38.8. The van der Waals surface area contributed by atoms with E-state index in [9.17, 15) is 40.6 Å². The average molecular weight is 1520 g/mol. The molecule has 6 aromatic carbocycles. The summed E-state index contributed by atoms with van der Waals surface area (Å²) in [4.78, 5) is 31.3. The van der Waals surface area contributed by atoms with Gasteiger partial charge in [-0.15, -0.1) is 0 Å². The molecule has 3 aliphatic heterocycles. The number of rotatable bonds is 23. The monoisotopic (exact) mass is 1520 g/mol. The van der Waals surface area contributed by atoms with E-state index in [4.69, 9.17) is 46.4 Å². The summed E-state index contributed by atoms with van der Waals surface area (Å²) in [5, 5.41) is 52.2. The van der Waals surface area contributed by atoms with Crippen LogP contribution < -0.4 is 14.2 Å². The minimum atomic E-state index is -2.23. The molecular weight excluding hydrogens is 1410 g/mol. The molecular formula is C75H109N3O18S3Si3. The second-order valence-electron chi connectivity index (χ2n) is 29.9. The molecule has 2 N–H and O–H groups in total. The smallest absolute Gasteiger partial charge is 0.269 e. The fraction of sp³-hybridized carbons (Fsp3) is 0.520. The largest absolute Gasteiger partial charge is 0.465 e. The van der Waals surface area contributed by atoms with Gasteiger partial charge in [0.05, 0.1) is 52.9 Å². The summed E-state index contributed by atoms with van der Waals surface area (Å²) in [6.07, 6.45) is -3.96. The Labute approximate surface area is 619 Å². The molecule has 0 radical (unpaired) electrons. The Hall–Kier alpha value is -6.13. The number of nitro benzene ring substituents is 3. The van der Waals surface area contributed by atoms with Crippen molar-refractivity contribution in [3.8, 4) is 17.2 Å². The van der Waals surface area contributed by atoms with Crippen molar-refractivity contribution in [1.82, 2.24) is 0 Å². The standard InChI is InChI=1S/C37H43NO6Si.2C18H29NO6Si.2CH4.S3/c1-27-34(44-45(5,6)36(2,3)4)33(43-35(27)42-32-24-22-31(23-25-32)38(39)40)26-41-37(28-16-10-7-11-17-28,29-18-12-8-13-19-29)30-20-14-9-15-21-30;2*1-12-16(25-26(5,6)18(2,3)4)15(11-20)24-17(12)23-14-9-7-13(8-10-14)19(21)22;;;1-3-2/h7-25,27,33-35H,26H2,1-6H3;2*7-10,12,15-17,20H,11H2,1-6H3;2*1H4;/t27?,33-,34+,35?;12?,15-,16+,17+;12?,15-,16+,17-;;;/m111.../s1. The fourth-order valence-corrected chi connectivity index (χ4v) is 15.1. The van der Waals surface area contributed by atoms with Crippen molar-refractivity contribution < 1.29 is 71.4 Å². The Balaban J connectivity index is 0.000000334. The molecule has 0 spiro atoms. The van der Waals surface area contributed by atoms with Crippen LogP contribution in [0, 0.1) is 48.1 Å². The second kappa shape index (κ2) is 37.7. The molecule has 0 aliphatic carbocycles. The van der Waals surface area contributed by atoms with Gasteiger partial charge in [-0.25, -0.2) is 0 Å². The zero-order valence-corrected chi connectivity index (χ0v) is 66.1. The van der Waals surface area contributed by atoms with Gasteiger partial charge in [0.25, 0.3) is 17.1 Å². The van der Waals surface area contributed by atoms with Crippen LogP contribution in [0.3, 0.4) is 0 Å². The third-order valence-electron chi connectivity index (χ3n) is 19.8. The van der Waals surface area contributed by atoms with Crippen molar-refractivity contribution in [3.63, 3.8) is 0 Å². The van der Waals surface area contributed by atoms with Crippen LogP contribution in [-0.4, -0.2) is 125 Å². The zero-order chi connectivity index (χ0) is 74.3. The van der Waals surface area contributed by atoms with Crippen LogP contribution in [0.1, 0.15) is 115 Å². The van der Waals surface area contributed by atoms with E-state index in [2.05, 4.69) is 167 Å². The van der Waals surface area contributed by atoms with Crippen molar-refractivity contribution in [1.29, 1.82) is 0 Å². The third kappa shape index (κ3) is 22.5. The van der Waals surface area contributed by atoms with E-state index in [1.807, 2.05) is 68.4 Å². The number of nitrogens with zero attached hydrogens (tertiary/aromatic N) is 3. The van der Waals surface area contributed by atoms with Crippen LogP contribution in [0.15, 0.2) is 164 Å². The first-order chi connectivity index (χ1) is 46.8.